The lowest BCUT2D eigenvalue weighted by Crippen LogP contribution is -2.08. The molecular formula is C22H19N7. The van der Waals surface area contributed by atoms with E-state index in [1.54, 1.807) is 24.8 Å². The van der Waals surface area contributed by atoms with Gasteiger partial charge in [0.1, 0.15) is 0 Å². The number of nitrogens with one attached hydrogen (secondary N) is 3. The number of hydrogen-bond acceptors (Lipinski definition) is 5. The normalized spacial score (nSPS) is 11.0. The van der Waals surface area contributed by atoms with Crippen molar-refractivity contribution < 1.29 is 0 Å². The average Bonchev–Trinajstić information content (AvgIpc) is 3.42. The third kappa shape index (κ3) is 3.45. The minimum absolute atomic E-state index is 0.601. The number of para-hydroxylation sites is 1. The predicted molar refractivity (Wildman–Crippen MR) is 113 cm³/mol. The highest BCUT2D eigenvalue weighted by molar-refractivity contribution is 5.83. The highest BCUT2D eigenvalue weighted by atomic mass is 15.1. The van der Waals surface area contributed by atoms with Crippen LogP contribution in [0.4, 0.5) is 5.95 Å². The van der Waals surface area contributed by atoms with Crippen LogP contribution in [0.15, 0.2) is 73.4 Å². The molecule has 0 bridgehead atoms. The van der Waals surface area contributed by atoms with Gasteiger partial charge in [0.25, 0.3) is 0 Å². The Bertz CT molecular complexity index is 1240. The van der Waals surface area contributed by atoms with Crippen LogP contribution in [0, 0.1) is 0 Å². The monoisotopic (exact) mass is 381 g/mol. The molecule has 0 fully saturated rings. The van der Waals surface area contributed by atoms with E-state index in [1.807, 2.05) is 24.3 Å². The molecule has 0 aliphatic rings. The molecule has 4 heterocycles. The first-order valence-corrected chi connectivity index (χ1v) is 9.44. The Morgan fingerprint density at radius 1 is 0.966 bits per heavy atom. The lowest BCUT2D eigenvalue weighted by Gasteiger charge is -2.07. The Morgan fingerprint density at radius 2 is 1.86 bits per heavy atom. The number of fused-ring (bicyclic) bond motifs is 1. The van der Waals surface area contributed by atoms with Crippen molar-refractivity contribution in [3.63, 3.8) is 0 Å². The minimum Gasteiger partial charge on any atom is -0.361 e. The van der Waals surface area contributed by atoms with E-state index in [-0.39, 0.29) is 0 Å². The zero-order valence-corrected chi connectivity index (χ0v) is 15.6. The van der Waals surface area contributed by atoms with Gasteiger partial charge in [-0.1, -0.05) is 18.2 Å². The number of hydrogen-bond donors (Lipinski definition) is 3. The molecule has 7 nitrogen and oxygen atoms in total. The molecule has 0 amide bonds. The van der Waals surface area contributed by atoms with Gasteiger partial charge in [-0.05, 0) is 36.2 Å². The summed E-state index contributed by atoms with van der Waals surface area (Å²) in [6.07, 6.45) is 10.0. The highest BCUT2D eigenvalue weighted by Crippen LogP contribution is 2.28. The van der Waals surface area contributed by atoms with Crippen LogP contribution < -0.4 is 5.32 Å². The van der Waals surface area contributed by atoms with E-state index < -0.39 is 0 Å². The summed E-state index contributed by atoms with van der Waals surface area (Å²) < 4.78 is 0. The van der Waals surface area contributed by atoms with E-state index in [1.165, 1.54) is 10.9 Å². The van der Waals surface area contributed by atoms with Gasteiger partial charge in [0.05, 0.1) is 17.6 Å². The van der Waals surface area contributed by atoms with Crippen LogP contribution in [-0.2, 0) is 6.42 Å². The molecule has 0 saturated carbocycles. The second-order valence-electron chi connectivity index (χ2n) is 6.70. The van der Waals surface area contributed by atoms with Crippen LogP contribution in [0.25, 0.3) is 33.4 Å². The Kier molecular flexibility index (Phi) is 4.46. The molecule has 7 heteroatoms. The van der Waals surface area contributed by atoms with E-state index in [9.17, 15) is 0 Å². The number of pyridine rings is 1. The fourth-order valence-electron chi connectivity index (χ4n) is 3.46. The summed E-state index contributed by atoms with van der Waals surface area (Å²) in [4.78, 5) is 16.4. The van der Waals surface area contributed by atoms with Gasteiger partial charge in [0, 0.05) is 53.4 Å². The third-order valence-corrected chi connectivity index (χ3v) is 4.89. The van der Waals surface area contributed by atoms with Gasteiger partial charge in [-0.2, -0.15) is 5.10 Å². The Hall–Kier alpha value is -4.00. The van der Waals surface area contributed by atoms with E-state index in [4.69, 9.17) is 0 Å². The standard InChI is InChI=1S/C22H19N7/c1-2-4-19-17(3-1)16(13-26-19)7-11-24-22-25-12-8-20(28-22)18-14-27-29-21(18)15-5-9-23-10-6-15/h1-6,8-10,12-14,26H,7,11H2,(H,27,29)(H,24,25,28). The SMILES string of the molecule is c1ccc2c(CCNc3nccc(-c4cn[nH]c4-c4ccncc4)n3)c[nH]c2c1. The van der Waals surface area contributed by atoms with Crippen LogP contribution in [0.5, 0.6) is 0 Å². The van der Waals surface area contributed by atoms with Gasteiger partial charge in [-0.3, -0.25) is 10.1 Å². The molecule has 1 aromatic carbocycles. The number of aromatic amines is 2. The smallest absolute Gasteiger partial charge is 0.223 e. The van der Waals surface area contributed by atoms with Crippen molar-refractivity contribution in [1.82, 2.24) is 30.1 Å². The minimum atomic E-state index is 0.601. The zero-order valence-electron chi connectivity index (χ0n) is 15.6. The van der Waals surface area contributed by atoms with Crippen LogP contribution in [0.2, 0.25) is 0 Å². The molecule has 3 N–H and O–H groups in total. The van der Waals surface area contributed by atoms with Gasteiger partial charge < -0.3 is 10.3 Å². The van der Waals surface area contributed by atoms with Crippen molar-refractivity contribution in [2.24, 2.45) is 0 Å². The number of H-pyrrole nitrogens is 2. The van der Waals surface area contributed by atoms with E-state index >= 15 is 0 Å². The predicted octanol–water partition coefficient (Wildman–Crippen LogP) is 4.06. The molecule has 0 saturated heterocycles. The lowest BCUT2D eigenvalue weighted by molar-refractivity contribution is 0.991. The summed E-state index contributed by atoms with van der Waals surface area (Å²) in [6, 6.07) is 14.1. The summed E-state index contributed by atoms with van der Waals surface area (Å²) in [5.41, 5.74) is 6.10. The van der Waals surface area contributed by atoms with Gasteiger partial charge in [0.2, 0.25) is 5.95 Å². The first kappa shape index (κ1) is 17.1. The van der Waals surface area contributed by atoms with Gasteiger partial charge >= 0.3 is 0 Å². The molecule has 142 valence electrons. The summed E-state index contributed by atoms with van der Waals surface area (Å²) in [7, 11) is 0. The molecule has 0 radical (unpaired) electrons. The summed E-state index contributed by atoms with van der Waals surface area (Å²) in [5, 5.41) is 11.8. The van der Waals surface area contributed by atoms with Crippen molar-refractivity contribution in [1.29, 1.82) is 0 Å². The number of anilines is 1. The lowest BCUT2D eigenvalue weighted by atomic mass is 10.1. The maximum Gasteiger partial charge on any atom is 0.223 e. The number of aromatic nitrogens is 6. The van der Waals surface area contributed by atoms with Gasteiger partial charge in [0.15, 0.2) is 0 Å². The van der Waals surface area contributed by atoms with Crippen molar-refractivity contribution in [2.45, 2.75) is 6.42 Å². The molecule has 5 rings (SSSR count). The van der Waals surface area contributed by atoms with Crippen molar-refractivity contribution in [2.75, 3.05) is 11.9 Å². The fraction of sp³-hybridized carbons (Fsp3) is 0.0909. The molecule has 0 aliphatic heterocycles. The van der Waals surface area contributed by atoms with E-state index in [2.05, 4.69) is 59.8 Å². The van der Waals surface area contributed by atoms with Crippen molar-refractivity contribution >= 4 is 16.9 Å². The zero-order chi connectivity index (χ0) is 19.5. The Labute approximate surface area is 167 Å². The van der Waals surface area contributed by atoms with E-state index in [0.29, 0.717) is 5.95 Å². The maximum absolute atomic E-state index is 4.68. The number of nitrogens with zero attached hydrogens (tertiary/aromatic N) is 4. The molecule has 0 atom stereocenters. The van der Waals surface area contributed by atoms with Gasteiger partial charge in [-0.25, -0.2) is 9.97 Å². The maximum atomic E-state index is 4.68. The average molecular weight is 381 g/mol. The molecule has 4 aromatic heterocycles. The van der Waals surface area contributed by atoms with Crippen LogP contribution in [-0.4, -0.2) is 36.7 Å². The second-order valence-corrected chi connectivity index (χ2v) is 6.70. The van der Waals surface area contributed by atoms with Crippen molar-refractivity contribution in [3.05, 3.63) is 79.0 Å². The first-order valence-electron chi connectivity index (χ1n) is 9.44. The van der Waals surface area contributed by atoms with Crippen LogP contribution in [0.3, 0.4) is 0 Å². The van der Waals surface area contributed by atoms with Crippen LogP contribution >= 0.6 is 0 Å². The molecule has 0 spiro atoms. The fourth-order valence-corrected chi connectivity index (χ4v) is 3.46. The summed E-state index contributed by atoms with van der Waals surface area (Å²) in [5.74, 6) is 0.601. The highest BCUT2D eigenvalue weighted by Gasteiger charge is 2.12. The molecule has 5 aromatic rings. The van der Waals surface area contributed by atoms with Gasteiger partial charge in [-0.15, -0.1) is 0 Å². The Balaban J connectivity index is 1.33. The first-order chi connectivity index (χ1) is 14.4. The molecular weight excluding hydrogens is 362 g/mol. The van der Waals surface area contributed by atoms with Crippen molar-refractivity contribution in [3.8, 4) is 22.5 Å². The summed E-state index contributed by atoms with van der Waals surface area (Å²) in [6.45, 7) is 0.744. The molecule has 0 aliphatic carbocycles. The molecule has 0 unspecified atom stereocenters. The van der Waals surface area contributed by atoms with Crippen LogP contribution in [0.1, 0.15) is 5.56 Å². The second kappa shape index (κ2) is 7.55. The quantitative estimate of drug-likeness (QED) is 0.412. The largest absolute Gasteiger partial charge is 0.361 e. The third-order valence-electron chi connectivity index (χ3n) is 4.89. The number of benzene rings is 1. The summed E-state index contributed by atoms with van der Waals surface area (Å²) >= 11 is 0. The number of rotatable bonds is 6. The van der Waals surface area contributed by atoms with E-state index in [0.717, 1.165) is 41.0 Å². The Morgan fingerprint density at radius 3 is 2.79 bits per heavy atom. The molecule has 29 heavy (non-hydrogen) atoms. The topological polar surface area (TPSA) is 95.2 Å².